The lowest BCUT2D eigenvalue weighted by Gasteiger charge is -2.29. The molecular weight excluding hydrogens is 278 g/mol. The molecule has 0 atom stereocenters. The molecule has 1 fully saturated rings. The zero-order chi connectivity index (χ0) is 15.5. The summed E-state index contributed by atoms with van der Waals surface area (Å²) in [5, 5.41) is 10.3. The van der Waals surface area contributed by atoms with Gasteiger partial charge in [0.2, 0.25) is 0 Å². The summed E-state index contributed by atoms with van der Waals surface area (Å²) in [6, 6.07) is 12.7. The normalized spacial score (nSPS) is 14.9. The van der Waals surface area contributed by atoms with E-state index in [0.717, 1.165) is 24.3 Å². The number of carbonyl (C=O) groups is 1. The number of anilines is 1. The molecule has 1 saturated heterocycles. The van der Waals surface area contributed by atoms with E-state index in [1.54, 1.807) is 18.2 Å². The summed E-state index contributed by atoms with van der Waals surface area (Å²) in [6.07, 6.45) is 0. The monoisotopic (exact) mass is 297 g/mol. The Morgan fingerprint density at radius 3 is 2.50 bits per heavy atom. The van der Waals surface area contributed by atoms with Crippen LogP contribution in [-0.4, -0.2) is 37.2 Å². The van der Waals surface area contributed by atoms with Gasteiger partial charge in [-0.3, -0.25) is 4.79 Å². The topological polar surface area (TPSA) is 49.8 Å². The lowest BCUT2D eigenvalue weighted by Crippen LogP contribution is -2.36. The summed E-state index contributed by atoms with van der Waals surface area (Å²) in [6.45, 7) is 4.86. The molecule has 0 aliphatic carbocycles. The molecular formula is C18H19NO3. The molecule has 4 nitrogen and oxygen atoms in total. The molecule has 1 N–H and O–H groups in total. The third-order valence-corrected chi connectivity index (χ3v) is 3.99. The van der Waals surface area contributed by atoms with Crippen molar-refractivity contribution in [3.8, 4) is 5.75 Å². The van der Waals surface area contributed by atoms with Crippen LogP contribution < -0.4 is 4.90 Å². The van der Waals surface area contributed by atoms with E-state index < -0.39 is 0 Å². The maximum absolute atomic E-state index is 12.6. The van der Waals surface area contributed by atoms with Crippen molar-refractivity contribution in [1.82, 2.24) is 0 Å². The van der Waals surface area contributed by atoms with E-state index in [1.165, 1.54) is 0 Å². The first kappa shape index (κ1) is 14.6. The average molecular weight is 297 g/mol. The maximum Gasteiger partial charge on any atom is 0.197 e. The molecule has 3 rings (SSSR count). The highest BCUT2D eigenvalue weighted by Gasteiger charge is 2.18. The number of ether oxygens (including phenoxy) is 1. The second-order valence-electron chi connectivity index (χ2n) is 5.44. The van der Waals surface area contributed by atoms with Gasteiger partial charge in [0.05, 0.1) is 18.8 Å². The second-order valence-corrected chi connectivity index (χ2v) is 5.44. The number of aryl methyl sites for hydroxylation is 1. The Labute approximate surface area is 130 Å². The highest BCUT2D eigenvalue weighted by atomic mass is 16.5. The van der Waals surface area contributed by atoms with Gasteiger partial charge in [0.15, 0.2) is 5.78 Å². The van der Waals surface area contributed by atoms with Gasteiger partial charge in [-0.1, -0.05) is 24.3 Å². The average Bonchev–Trinajstić information content (AvgIpc) is 2.55. The quantitative estimate of drug-likeness (QED) is 0.885. The zero-order valence-electron chi connectivity index (χ0n) is 12.6. The molecule has 0 aromatic heterocycles. The number of benzene rings is 2. The number of ketones is 1. The van der Waals surface area contributed by atoms with E-state index in [0.29, 0.717) is 24.3 Å². The van der Waals surface area contributed by atoms with Crippen molar-refractivity contribution in [3.05, 3.63) is 59.2 Å². The molecule has 0 amide bonds. The lowest BCUT2D eigenvalue weighted by atomic mass is 9.98. The highest BCUT2D eigenvalue weighted by Crippen LogP contribution is 2.27. The van der Waals surface area contributed by atoms with Crippen LogP contribution >= 0.6 is 0 Å². The molecule has 1 aliphatic heterocycles. The third kappa shape index (κ3) is 2.83. The summed E-state index contributed by atoms with van der Waals surface area (Å²) in [5.74, 6) is -0.124. The molecule has 0 saturated carbocycles. The van der Waals surface area contributed by atoms with Crippen molar-refractivity contribution in [2.75, 3.05) is 31.2 Å². The second kappa shape index (κ2) is 6.20. The molecule has 0 spiro atoms. The van der Waals surface area contributed by atoms with Gasteiger partial charge in [-0.25, -0.2) is 0 Å². The molecule has 1 aliphatic rings. The van der Waals surface area contributed by atoms with Crippen LogP contribution in [0.25, 0.3) is 0 Å². The van der Waals surface area contributed by atoms with Crippen LogP contribution in [0, 0.1) is 6.92 Å². The van der Waals surface area contributed by atoms with Gasteiger partial charge in [0, 0.05) is 30.4 Å². The Morgan fingerprint density at radius 1 is 1.09 bits per heavy atom. The number of phenolic OH excluding ortho intramolecular Hbond substituents is 1. The van der Waals surface area contributed by atoms with Gasteiger partial charge in [-0.2, -0.15) is 0 Å². The number of aromatic hydroxyl groups is 1. The SMILES string of the molecule is Cc1ccccc1C(=O)c1ccc(N2CCOCC2)cc1O. The van der Waals surface area contributed by atoms with E-state index in [4.69, 9.17) is 4.74 Å². The molecule has 0 unspecified atom stereocenters. The van der Waals surface area contributed by atoms with E-state index in [2.05, 4.69) is 4.90 Å². The van der Waals surface area contributed by atoms with Crippen LogP contribution in [0.1, 0.15) is 21.5 Å². The highest BCUT2D eigenvalue weighted by molar-refractivity contribution is 6.11. The summed E-state index contributed by atoms with van der Waals surface area (Å²) in [5.41, 5.74) is 2.79. The third-order valence-electron chi connectivity index (χ3n) is 3.99. The van der Waals surface area contributed by atoms with Crippen molar-refractivity contribution in [2.45, 2.75) is 6.92 Å². The van der Waals surface area contributed by atoms with Gasteiger partial charge >= 0.3 is 0 Å². The Kier molecular flexibility index (Phi) is 4.11. The minimum absolute atomic E-state index is 0.0252. The van der Waals surface area contributed by atoms with Gasteiger partial charge in [-0.05, 0) is 24.6 Å². The Bertz CT molecular complexity index is 690. The van der Waals surface area contributed by atoms with E-state index in [1.807, 2.05) is 31.2 Å². The molecule has 0 radical (unpaired) electrons. The summed E-state index contributed by atoms with van der Waals surface area (Å²) in [4.78, 5) is 14.7. The van der Waals surface area contributed by atoms with Crippen molar-refractivity contribution in [3.63, 3.8) is 0 Å². The van der Waals surface area contributed by atoms with Gasteiger partial charge < -0.3 is 14.7 Å². The van der Waals surface area contributed by atoms with E-state index >= 15 is 0 Å². The molecule has 4 heteroatoms. The van der Waals surface area contributed by atoms with Crippen LogP contribution in [0.4, 0.5) is 5.69 Å². The minimum atomic E-state index is -0.149. The maximum atomic E-state index is 12.6. The number of phenols is 1. The fourth-order valence-electron chi connectivity index (χ4n) is 2.70. The number of hydrogen-bond acceptors (Lipinski definition) is 4. The van der Waals surface area contributed by atoms with Crippen molar-refractivity contribution in [1.29, 1.82) is 0 Å². The van der Waals surface area contributed by atoms with Crippen molar-refractivity contribution in [2.24, 2.45) is 0 Å². The van der Waals surface area contributed by atoms with Crippen molar-refractivity contribution >= 4 is 11.5 Å². The minimum Gasteiger partial charge on any atom is -0.507 e. The number of rotatable bonds is 3. The van der Waals surface area contributed by atoms with Crippen LogP contribution in [-0.2, 0) is 4.74 Å². The predicted molar refractivity (Wildman–Crippen MR) is 85.8 cm³/mol. The first-order chi connectivity index (χ1) is 10.7. The van der Waals surface area contributed by atoms with Crippen LogP contribution in [0.2, 0.25) is 0 Å². The van der Waals surface area contributed by atoms with Gasteiger partial charge in [0.1, 0.15) is 5.75 Å². The molecule has 0 bridgehead atoms. The van der Waals surface area contributed by atoms with Crippen molar-refractivity contribution < 1.29 is 14.6 Å². The molecule has 1 heterocycles. The first-order valence-electron chi connectivity index (χ1n) is 7.43. The fraction of sp³-hybridized carbons (Fsp3) is 0.278. The molecule has 2 aromatic carbocycles. The van der Waals surface area contributed by atoms with E-state index in [9.17, 15) is 9.90 Å². The van der Waals surface area contributed by atoms with Crippen LogP contribution in [0.5, 0.6) is 5.75 Å². The first-order valence-corrected chi connectivity index (χ1v) is 7.43. The van der Waals surface area contributed by atoms with Crippen LogP contribution in [0.3, 0.4) is 0 Å². The number of carbonyl (C=O) groups excluding carboxylic acids is 1. The van der Waals surface area contributed by atoms with Crippen LogP contribution in [0.15, 0.2) is 42.5 Å². The zero-order valence-corrected chi connectivity index (χ0v) is 12.6. The summed E-state index contributed by atoms with van der Waals surface area (Å²) < 4.78 is 5.33. The standard InChI is InChI=1S/C18H19NO3/c1-13-4-2-3-5-15(13)18(21)16-7-6-14(12-17(16)20)19-8-10-22-11-9-19/h2-7,12,20H,8-11H2,1H3. The lowest BCUT2D eigenvalue weighted by molar-refractivity contribution is 0.103. The Hall–Kier alpha value is -2.33. The predicted octanol–water partition coefficient (Wildman–Crippen LogP) is 2.77. The molecule has 114 valence electrons. The number of hydrogen-bond donors (Lipinski definition) is 1. The van der Waals surface area contributed by atoms with Gasteiger partial charge in [0.25, 0.3) is 0 Å². The molecule has 2 aromatic rings. The largest absolute Gasteiger partial charge is 0.507 e. The molecule has 22 heavy (non-hydrogen) atoms. The Balaban J connectivity index is 1.89. The number of morpholine rings is 1. The van der Waals surface area contributed by atoms with Gasteiger partial charge in [-0.15, -0.1) is 0 Å². The summed E-state index contributed by atoms with van der Waals surface area (Å²) >= 11 is 0. The smallest absolute Gasteiger partial charge is 0.197 e. The number of nitrogens with zero attached hydrogens (tertiary/aromatic N) is 1. The summed E-state index contributed by atoms with van der Waals surface area (Å²) in [7, 11) is 0. The Morgan fingerprint density at radius 2 is 1.82 bits per heavy atom. The fourth-order valence-corrected chi connectivity index (χ4v) is 2.70. The van der Waals surface area contributed by atoms with E-state index in [-0.39, 0.29) is 11.5 Å².